The lowest BCUT2D eigenvalue weighted by molar-refractivity contribution is -0.145. The van der Waals surface area contributed by atoms with Crippen molar-refractivity contribution >= 4 is 59.1 Å². The molecular weight excluding hydrogens is 721 g/mol. The summed E-state index contributed by atoms with van der Waals surface area (Å²) in [7, 11) is 2.50. The van der Waals surface area contributed by atoms with Crippen LogP contribution in [0.15, 0.2) is 60.7 Å². The Bertz CT molecular complexity index is 1500. The number of carbonyl (C=O) groups is 6. The van der Waals surface area contributed by atoms with Crippen molar-refractivity contribution in [3.8, 4) is 0 Å². The lowest BCUT2D eigenvalue weighted by Gasteiger charge is -2.25. The molecule has 2 fully saturated rings. The maximum absolute atomic E-state index is 13.3. The molecule has 53 heavy (non-hydrogen) atoms. The quantitative estimate of drug-likeness (QED) is 0.105. The van der Waals surface area contributed by atoms with E-state index in [9.17, 15) is 28.8 Å². The zero-order valence-electron chi connectivity index (χ0n) is 30.9. The first-order valence-corrected chi connectivity index (χ1v) is 19.2. The number of hydrogen-bond donors (Lipinski definition) is 6. The van der Waals surface area contributed by atoms with Gasteiger partial charge in [0.1, 0.15) is 12.1 Å². The van der Waals surface area contributed by atoms with Crippen molar-refractivity contribution in [2.24, 2.45) is 0 Å². The molecule has 0 saturated carbocycles. The van der Waals surface area contributed by atoms with Gasteiger partial charge in [-0.3, -0.25) is 29.8 Å². The zero-order chi connectivity index (χ0) is 38.8. The van der Waals surface area contributed by atoms with E-state index in [0.717, 1.165) is 11.1 Å². The minimum atomic E-state index is -1.02. The molecule has 0 bridgehead atoms. The van der Waals surface area contributed by atoms with Crippen LogP contribution in [-0.4, -0.2) is 107 Å². The summed E-state index contributed by atoms with van der Waals surface area (Å²) in [5.74, 6) is -2.50. The second kappa shape index (κ2) is 18.8. The normalized spacial score (nSPS) is 22.5. The molecule has 6 atom stereocenters. The average molecular weight is 771 g/mol. The Kier molecular flexibility index (Phi) is 14.7. The highest BCUT2D eigenvalue weighted by Gasteiger charge is 2.50. The Morgan fingerprint density at radius 2 is 1.00 bits per heavy atom. The number of rotatable bonds is 16. The Morgan fingerprint density at radius 3 is 1.34 bits per heavy atom. The van der Waals surface area contributed by atoms with Gasteiger partial charge in [0.15, 0.2) is 12.1 Å². The Balaban J connectivity index is 1.25. The number of nitrogens with one attached hydrogen (secondary N) is 6. The van der Waals surface area contributed by atoms with Crippen molar-refractivity contribution in [2.75, 3.05) is 27.3 Å². The first-order chi connectivity index (χ1) is 25.1. The van der Waals surface area contributed by atoms with E-state index in [1.165, 1.54) is 37.7 Å². The fourth-order valence-electron chi connectivity index (χ4n) is 6.20. The lowest BCUT2D eigenvalue weighted by Crippen LogP contribution is -2.56. The number of ether oxygens (including phenoxy) is 2. The largest absolute Gasteiger partial charge is 0.467 e. The third-order valence-corrected chi connectivity index (χ3v) is 12.0. The summed E-state index contributed by atoms with van der Waals surface area (Å²) in [5, 5.41) is 16.6. The smallest absolute Gasteiger partial charge is 0.330 e. The molecule has 14 nitrogen and oxygen atoms in total. The number of esters is 2. The third-order valence-electron chi connectivity index (χ3n) is 8.95. The minimum absolute atomic E-state index is 0.0880. The van der Waals surface area contributed by atoms with Crippen LogP contribution in [0.5, 0.6) is 0 Å². The van der Waals surface area contributed by atoms with E-state index in [1.807, 2.05) is 88.4 Å². The lowest BCUT2D eigenvalue weighted by atomic mass is 10.0. The minimum Gasteiger partial charge on any atom is -0.467 e. The molecule has 0 aliphatic carbocycles. The van der Waals surface area contributed by atoms with E-state index in [0.29, 0.717) is 6.42 Å². The summed E-state index contributed by atoms with van der Waals surface area (Å²) in [4.78, 5) is 77.8. The van der Waals surface area contributed by atoms with Crippen LogP contribution in [0, 0.1) is 0 Å². The van der Waals surface area contributed by atoms with Crippen molar-refractivity contribution in [1.29, 1.82) is 0 Å². The molecule has 6 N–H and O–H groups in total. The van der Waals surface area contributed by atoms with Crippen molar-refractivity contribution in [3.63, 3.8) is 0 Å². The summed E-state index contributed by atoms with van der Waals surface area (Å²) in [6.45, 7) is 8.08. The van der Waals surface area contributed by atoms with Crippen LogP contribution in [0.3, 0.4) is 0 Å². The Morgan fingerprint density at radius 1 is 0.642 bits per heavy atom. The number of benzene rings is 2. The highest BCUT2D eigenvalue weighted by atomic mass is 32.2. The van der Waals surface area contributed by atoms with Crippen LogP contribution in [0.2, 0.25) is 0 Å². The van der Waals surface area contributed by atoms with E-state index < -0.39 is 56.3 Å². The van der Waals surface area contributed by atoms with Gasteiger partial charge in [-0.2, -0.15) is 0 Å². The second-order valence-electron chi connectivity index (χ2n) is 13.9. The first kappa shape index (κ1) is 41.6. The van der Waals surface area contributed by atoms with E-state index in [1.54, 1.807) is 0 Å². The summed E-state index contributed by atoms with van der Waals surface area (Å²) >= 11 is 2.74. The van der Waals surface area contributed by atoms with E-state index in [-0.39, 0.29) is 49.6 Å². The molecule has 0 radical (unpaired) electrons. The van der Waals surface area contributed by atoms with E-state index in [4.69, 9.17) is 9.47 Å². The molecule has 0 unspecified atom stereocenters. The summed E-state index contributed by atoms with van der Waals surface area (Å²) in [5.41, 5.74) is 1.60. The van der Waals surface area contributed by atoms with Gasteiger partial charge in [-0.05, 0) is 45.2 Å². The predicted octanol–water partition coefficient (Wildman–Crippen LogP) is 1.03. The van der Waals surface area contributed by atoms with E-state index >= 15 is 0 Å². The molecule has 4 amide bonds. The summed E-state index contributed by atoms with van der Waals surface area (Å²) < 4.78 is 8.71. The molecule has 16 heteroatoms. The maximum atomic E-state index is 13.3. The van der Waals surface area contributed by atoms with Gasteiger partial charge in [0.05, 0.1) is 37.8 Å². The van der Waals surface area contributed by atoms with Crippen LogP contribution >= 0.6 is 23.5 Å². The molecule has 288 valence electrons. The Labute approximate surface area is 318 Å². The zero-order valence-corrected chi connectivity index (χ0v) is 32.5. The maximum Gasteiger partial charge on any atom is 0.330 e. The predicted molar refractivity (Wildman–Crippen MR) is 204 cm³/mol. The topological polar surface area (TPSA) is 193 Å². The molecule has 4 rings (SSSR count). The molecule has 0 spiro atoms. The van der Waals surface area contributed by atoms with Gasteiger partial charge >= 0.3 is 11.9 Å². The average Bonchev–Trinajstić information content (AvgIpc) is 3.63. The standard InChI is InChI=1S/C37H50N6O8S2/c1-36(2)28(42-32(52-36)26(34(48)50-5)40-24(44)20-22-14-9-7-10-15-22)30(46)38-18-13-19-39-31(47)29-37(3,4)53-33(43-29)27(35(49)51-6)41-25(45)21-23-16-11-8-12-17-23/h7-12,14-17,26-29,32-33,42-43H,13,18-21H2,1-6H3,(H,38,46)(H,39,47)(H,40,44)(H,41,45)/t26-,27-,28-,29-,32+,33+/m0/s1. The van der Waals surface area contributed by atoms with Crippen molar-refractivity contribution in [2.45, 2.75) is 91.4 Å². The highest BCUT2D eigenvalue weighted by molar-refractivity contribution is 8.01. The molecule has 2 aromatic carbocycles. The number of carbonyl (C=O) groups excluding carboxylic acids is 6. The van der Waals surface area contributed by atoms with Gasteiger partial charge in [0.25, 0.3) is 0 Å². The summed E-state index contributed by atoms with van der Waals surface area (Å²) in [6, 6.07) is 14.9. The molecule has 2 aromatic rings. The number of hydrogen-bond acceptors (Lipinski definition) is 12. The van der Waals surface area contributed by atoms with Gasteiger partial charge in [0, 0.05) is 22.6 Å². The molecule has 2 saturated heterocycles. The van der Waals surface area contributed by atoms with Crippen molar-refractivity contribution < 1.29 is 38.2 Å². The van der Waals surface area contributed by atoms with Gasteiger partial charge in [0.2, 0.25) is 23.6 Å². The van der Waals surface area contributed by atoms with E-state index in [2.05, 4.69) is 31.9 Å². The SMILES string of the molecule is COC(=O)[C@@H](NC(=O)Cc1ccccc1)[C@@H]1N[C@@H](C(=O)NCCCNC(=O)[C@@H]2N[C@@H]([C@H](NC(=O)Cc3ccccc3)C(=O)OC)SC2(C)C)C(C)(C)S1. The third kappa shape index (κ3) is 11.4. The molecule has 2 heterocycles. The van der Waals surface area contributed by atoms with Crippen LogP contribution in [0.1, 0.15) is 45.2 Å². The number of thioether (sulfide) groups is 2. The van der Waals surface area contributed by atoms with Crippen LogP contribution in [0.25, 0.3) is 0 Å². The van der Waals surface area contributed by atoms with Gasteiger partial charge in [-0.25, -0.2) is 9.59 Å². The van der Waals surface area contributed by atoms with Crippen molar-refractivity contribution in [3.05, 3.63) is 71.8 Å². The van der Waals surface area contributed by atoms with Gasteiger partial charge in [-0.15, -0.1) is 23.5 Å². The van der Waals surface area contributed by atoms with Crippen molar-refractivity contribution in [1.82, 2.24) is 31.9 Å². The molecule has 2 aliphatic heterocycles. The molecule has 2 aliphatic rings. The van der Waals surface area contributed by atoms with Crippen LogP contribution in [0.4, 0.5) is 0 Å². The first-order valence-electron chi connectivity index (χ1n) is 17.4. The number of methoxy groups -OCH3 is 2. The van der Waals surface area contributed by atoms with Crippen LogP contribution < -0.4 is 31.9 Å². The summed E-state index contributed by atoms with van der Waals surface area (Å²) in [6.07, 6.45) is 0.612. The molecular formula is C37H50N6O8S2. The fraction of sp³-hybridized carbons (Fsp3) is 0.514. The number of amides is 4. The van der Waals surface area contributed by atoms with Crippen LogP contribution in [-0.2, 0) is 51.1 Å². The second-order valence-corrected chi connectivity index (χ2v) is 17.5. The van der Waals surface area contributed by atoms with Gasteiger partial charge < -0.3 is 30.7 Å². The molecule has 0 aromatic heterocycles. The fourth-order valence-corrected chi connectivity index (χ4v) is 9.17. The van der Waals surface area contributed by atoms with Gasteiger partial charge in [-0.1, -0.05) is 60.7 Å². The Hall–Kier alpha value is -4.12. The highest BCUT2D eigenvalue weighted by Crippen LogP contribution is 2.40. The monoisotopic (exact) mass is 770 g/mol.